The number of amides is 1. The van der Waals surface area contributed by atoms with E-state index in [0.29, 0.717) is 22.3 Å². The number of hydrogen-bond acceptors (Lipinski definition) is 4. The zero-order valence-corrected chi connectivity index (χ0v) is 14.3. The van der Waals surface area contributed by atoms with Gasteiger partial charge < -0.3 is 15.0 Å². The molecule has 0 saturated heterocycles. The van der Waals surface area contributed by atoms with Gasteiger partial charge in [0, 0.05) is 19.7 Å². The van der Waals surface area contributed by atoms with Crippen LogP contribution in [0.3, 0.4) is 0 Å². The van der Waals surface area contributed by atoms with Crippen molar-refractivity contribution in [3.8, 4) is 16.9 Å². The van der Waals surface area contributed by atoms with E-state index < -0.39 is 0 Å². The number of H-pyrrole nitrogens is 1. The van der Waals surface area contributed by atoms with E-state index in [1.165, 1.54) is 4.90 Å². The second kappa shape index (κ2) is 6.39. The molecule has 0 aliphatic heterocycles. The number of phenolic OH excluding ortho intramolecular Hbond substituents is 1. The molecule has 0 radical (unpaired) electrons. The number of benzene rings is 2. The Balaban J connectivity index is 2.06. The van der Waals surface area contributed by atoms with Gasteiger partial charge in [-0.25, -0.2) is 4.98 Å². The van der Waals surface area contributed by atoms with Gasteiger partial charge in [0.2, 0.25) is 5.91 Å². The first-order chi connectivity index (χ1) is 11.8. The van der Waals surface area contributed by atoms with Gasteiger partial charge in [-0.05, 0) is 42.3 Å². The quantitative estimate of drug-likeness (QED) is 0.767. The number of aryl methyl sites for hydroxylation is 1. The van der Waals surface area contributed by atoms with E-state index in [9.17, 15) is 14.7 Å². The van der Waals surface area contributed by atoms with Gasteiger partial charge in [0.15, 0.2) is 0 Å². The molecule has 0 aliphatic rings. The normalized spacial score (nSPS) is 10.8. The van der Waals surface area contributed by atoms with Crippen molar-refractivity contribution in [1.82, 2.24) is 14.9 Å². The first kappa shape index (κ1) is 16.7. The predicted molar refractivity (Wildman–Crippen MR) is 96.6 cm³/mol. The highest BCUT2D eigenvalue weighted by molar-refractivity contribution is 5.85. The van der Waals surface area contributed by atoms with Crippen molar-refractivity contribution in [2.45, 2.75) is 13.3 Å². The lowest BCUT2D eigenvalue weighted by Gasteiger charge is -2.12. The van der Waals surface area contributed by atoms with Crippen LogP contribution in [0, 0.1) is 6.92 Å². The number of phenols is 1. The van der Waals surface area contributed by atoms with Gasteiger partial charge in [0.25, 0.3) is 5.56 Å². The van der Waals surface area contributed by atoms with E-state index in [4.69, 9.17) is 0 Å². The van der Waals surface area contributed by atoms with Gasteiger partial charge in [0.05, 0.1) is 17.3 Å². The van der Waals surface area contributed by atoms with Gasteiger partial charge in [-0.15, -0.1) is 0 Å². The number of aromatic nitrogens is 2. The Morgan fingerprint density at radius 1 is 1.16 bits per heavy atom. The van der Waals surface area contributed by atoms with E-state index in [1.807, 2.05) is 6.07 Å². The van der Waals surface area contributed by atoms with Gasteiger partial charge in [-0.1, -0.05) is 12.1 Å². The molecular weight excluding hydrogens is 318 g/mol. The molecule has 0 saturated carbocycles. The smallest absolute Gasteiger partial charge is 0.258 e. The molecule has 1 amide bonds. The molecule has 1 aromatic heterocycles. The third-order valence-electron chi connectivity index (χ3n) is 4.08. The highest BCUT2D eigenvalue weighted by Crippen LogP contribution is 2.28. The Morgan fingerprint density at radius 2 is 1.84 bits per heavy atom. The molecular formula is C19H19N3O3. The van der Waals surface area contributed by atoms with Crippen LogP contribution >= 0.6 is 0 Å². The minimum atomic E-state index is -0.189. The summed E-state index contributed by atoms with van der Waals surface area (Å²) in [4.78, 5) is 32.6. The summed E-state index contributed by atoms with van der Waals surface area (Å²) in [7, 11) is 3.35. The second-order valence-corrected chi connectivity index (χ2v) is 6.19. The fraction of sp³-hybridized carbons (Fsp3) is 0.211. The largest absolute Gasteiger partial charge is 0.508 e. The van der Waals surface area contributed by atoms with Crippen LogP contribution in [-0.4, -0.2) is 40.0 Å². The molecule has 6 heteroatoms. The van der Waals surface area contributed by atoms with Gasteiger partial charge in [-0.3, -0.25) is 9.59 Å². The summed E-state index contributed by atoms with van der Waals surface area (Å²) in [5, 5.41) is 10.5. The van der Waals surface area contributed by atoms with Crippen molar-refractivity contribution in [3.05, 3.63) is 58.1 Å². The number of aromatic amines is 1. The standard InChI is InChI=1S/C19H19N3O3/c1-11-20-16-6-4-13(9-15(16)19(25)21-11)12-5-7-17(23)14(8-12)10-18(24)22(2)3/h4-9,23H,10H2,1-3H3,(H,20,21,25). The van der Waals surface area contributed by atoms with Crippen LogP contribution in [0.15, 0.2) is 41.2 Å². The molecule has 2 N–H and O–H groups in total. The minimum Gasteiger partial charge on any atom is -0.508 e. The SMILES string of the molecule is Cc1nc2ccc(-c3ccc(O)c(CC(=O)N(C)C)c3)cc2c(=O)[nH]1. The van der Waals surface area contributed by atoms with Crippen molar-refractivity contribution in [1.29, 1.82) is 0 Å². The highest BCUT2D eigenvalue weighted by Gasteiger charge is 2.12. The lowest BCUT2D eigenvalue weighted by atomic mass is 9.99. The molecule has 6 nitrogen and oxygen atoms in total. The van der Waals surface area contributed by atoms with Gasteiger partial charge in [0.1, 0.15) is 11.6 Å². The number of nitrogens with zero attached hydrogens (tertiary/aromatic N) is 2. The Hall–Kier alpha value is -3.15. The van der Waals surface area contributed by atoms with Crippen LogP contribution in [0.4, 0.5) is 0 Å². The first-order valence-corrected chi connectivity index (χ1v) is 7.88. The Kier molecular flexibility index (Phi) is 4.27. The zero-order valence-electron chi connectivity index (χ0n) is 14.3. The van der Waals surface area contributed by atoms with E-state index in [2.05, 4.69) is 9.97 Å². The van der Waals surface area contributed by atoms with Crippen molar-refractivity contribution in [3.63, 3.8) is 0 Å². The highest BCUT2D eigenvalue weighted by atomic mass is 16.3. The maximum atomic E-state index is 12.1. The van der Waals surface area contributed by atoms with Crippen LogP contribution in [0.5, 0.6) is 5.75 Å². The zero-order chi connectivity index (χ0) is 18.1. The predicted octanol–water partition coefficient (Wildman–Crippen LogP) is 2.23. The molecule has 0 spiro atoms. The Bertz CT molecular complexity index is 1020. The molecule has 0 bridgehead atoms. The molecule has 25 heavy (non-hydrogen) atoms. The van der Waals surface area contributed by atoms with E-state index >= 15 is 0 Å². The fourth-order valence-electron chi connectivity index (χ4n) is 2.66. The van der Waals surface area contributed by atoms with Crippen LogP contribution in [0.2, 0.25) is 0 Å². The molecule has 3 aromatic rings. The van der Waals surface area contributed by atoms with Crippen LogP contribution in [0.25, 0.3) is 22.0 Å². The fourth-order valence-corrected chi connectivity index (χ4v) is 2.66. The molecule has 128 valence electrons. The maximum Gasteiger partial charge on any atom is 0.258 e. The number of carbonyl (C=O) groups excluding carboxylic acids is 1. The van der Waals surface area contributed by atoms with Crippen molar-refractivity contribution in [2.75, 3.05) is 14.1 Å². The second-order valence-electron chi connectivity index (χ2n) is 6.19. The summed E-state index contributed by atoms with van der Waals surface area (Å²) >= 11 is 0. The Labute approximate surface area is 144 Å². The van der Waals surface area contributed by atoms with Crippen LogP contribution < -0.4 is 5.56 Å². The number of hydrogen-bond donors (Lipinski definition) is 2. The average molecular weight is 337 g/mol. The van der Waals surface area contributed by atoms with Crippen molar-refractivity contribution < 1.29 is 9.90 Å². The van der Waals surface area contributed by atoms with Crippen molar-refractivity contribution in [2.24, 2.45) is 0 Å². The first-order valence-electron chi connectivity index (χ1n) is 7.88. The van der Waals surface area contributed by atoms with E-state index in [-0.39, 0.29) is 23.6 Å². The van der Waals surface area contributed by atoms with Crippen LogP contribution in [0.1, 0.15) is 11.4 Å². The maximum absolute atomic E-state index is 12.1. The van der Waals surface area contributed by atoms with Crippen molar-refractivity contribution >= 4 is 16.8 Å². The number of carbonyl (C=O) groups is 1. The number of rotatable bonds is 3. The van der Waals surface area contributed by atoms with E-state index in [1.54, 1.807) is 51.4 Å². The lowest BCUT2D eigenvalue weighted by molar-refractivity contribution is -0.127. The molecule has 3 rings (SSSR count). The van der Waals surface area contributed by atoms with Crippen LogP contribution in [-0.2, 0) is 11.2 Å². The molecule has 0 atom stereocenters. The summed E-state index contributed by atoms with van der Waals surface area (Å²) in [5.41, 5.74) is 2.63. The summed E-state index contributed by atoms with van der Waals surface area (Å²) < 4.78 is 0. The number of nitrogens with one attached hydrogen (secondary N) is 1. The summed E-state index contributed by atoms with van der Waals surface area (Å²) in [6, 6.07) is 10.5. The molecule has 2 aromatic carbocycles. The molecule has 0 fully saturated rings. The summed E-state index contributed by atoms with van der Waals surface area (Å²) in [6.45, 7) is 1.74. The Morgan fingerprint density at radius 3 is 2.56 bits per heavy atom. The molecule has 1 heterocycles. The monoisotopic (exact) mass is 337 g/mol. The number of fused-ring (bicyclic) bond motifs is 1. The molecule has 0 aliphatic carbocycles. The van der Waals surface area contributed by atoms with Gasteiger partial charge in [-0.2, -0.15) is 0 Å². The molecule has 0 unspecified atom stereocenters. The van der Waals surface area contributed by atoms with E-state index in [0.717, 1.165) is 11.1 Å². The topological polar surface area (TPSA) is 86.3 Å². The number of likely N-dealkylation sites (N-methyl/N-ethyl adjacent to an activating group) is 1. The van der Waals surface area contributed by atoms with Gasteiger partial charge >= 0.3 is 0 Å². The third-order valence-corrected chi connectivity index (χ3v) is 4.08. The average Bonchev–Trinajstić information content (AvgIpc) is 2.56. The lowest BCUT2D eigenvalue weighted by Crippen LogP contribution is -2.23. The third kappa shape index (κ3) is 3.38. The summed E-state index contributed by atoms with van der Waals surface area (Å²) in [6.07, 6.45) is 0.113. The number of aromatic hydroxyl groups is 1. The minimum absolute atomic E-state index is 0.0786. The summed E-state index contributed by atoms with van der Waals surface area (Å²) in [5.74, 6) is 0.552.